The molecule has 0 spiro atoms. The Morgan fingerprint density at radius 3 is 2.35 bits per heavy atom. The van der Waals surface area contributed by atoms with Gasteiger partial charge in [-0.2, -0.15) is 0 Å². The van der Waals surface area contributed by atoms with Gasteiger partial charge in [-0.15, -0.1) is 0 Å². The van der Waals surface area contributed by atoms with E-state index in [0.29, 0.717) is 6.42 Å². The molecular weight excluding hydrogens is 258 g/mol. The SMILES string of the molecule is CCC(C)C(C(=O)O)N(Cc1ccccc1)C(=O)OC. The average Bonchev–Trinajstić information content (AvgIpc) is 2.46. The molecule has 1 aromatic rings. The lowest BCUT2D eigenvalue weighted by Crippen LogP contribution is -2.48. The smallest absolute Gasteiger partial charge is 0.410 e. The molecular formula is C15H21NO4. The number of carboxylic acids is 1. The number of carboxylic acid groups (broad SMARTS) is 1. The Kier molecular flexibility index (Phi) is 6.03. The molecule has 1 rings (SSSR count). The van der Waals surface area contributed by atoms with E-state index in [0.717, 1.165) is 5.56 Å². The molecule has 1 aromatic carbocycles. The fourth-order valence-electron chi connectivity index (χ4n) is 2.08. The first-order valence-corrected chi connectivity index (χ1v) is 6.62. The zero-order valence-electron chi connectivity index (χ0n) is 12.1. The summed E-state index contributed by atoms with van der Waals surface area (Å²) in [5, 5.41) is 9.42. The number of carbonyl (C=O) groups excluding carboxylic acids is 1. The average molecular weight is 279 g/mol. The van der Waals surface area contributed by atoms with Gasteiger partial charge in [0.25, 0.3) is 0 Å². The highest BCUT2D eigenvalue weighted by Crippen LogP contribution is 2.19. The molecule has 5 nitrogen and oxygen atoms in total. The summed E-state index contributed by atoms with van der Waals surface area (Å²) in [6.45, 7) is 3.94. The van der Waals surface area contributed by atoms with Crippen molar-refractivity contribution in [2.75, 3.05) is 7.11 Å². The number of aliphatic carboxylic acids is 1. The lowest BCUT2D eigenvalue weighted by atomic mass is 9.97. The Bertz CT molecular complexity index is 446. The van der Waals surface area contributed by atoms with Crippen molar-refractivity contribution < 1.29 is 19.4 Å². The first kappa shape index (κ1) is 16.0. The third kappa shape index (κ3) is 3.98. The maximum Gasteiger partial charge on any atom is 0.410 e. The number of carbonyl (C=O) groups is 2. The van der Waals surface area contributed by atoms with Gasteiger partial charge in [-0.1, -0.05) is 50.6 Å². The zero-order chi connectivity index (χ0) is 15.1. The minimum atomic E-state index is -1.01. The monoisotopic (exact) mass is 279 g/mol. The molecule has 0 aliphatic rings. The van der Waals surface area contributed by atoms with Crippen LogP contribution in [0, 0.1) is 5.92 Å². The molecule has 0 bridgehead atoms. The van der Waals surface area contributed by atoms with Crippen molar-refractivity contribution in [3.63, 3.8) is 0 Å². The molecule has 2 atom stereocenters. The van der Waals surface area contributed by atoms with Crippen LogP contribution in [0.1, 0.15) is 25.8 Å². The van der Waals surface area contributed by atoms with Crippen molar-refractivity contribution in [2.45, 2.75) is 32.9 Å². The molecule has 20 heavy (non-hydrogen) atoms. The Labute approximate surface area is 119 Å². The summed E-state index contributed by atoms with van der Waals surface area (Å²) in [7, 11) is 1.26. The molecule has 0 aromatic heterocycles. The van der Waals surface area contributed by atoms with Crippen LogP contribution in [-0.2, 0) is 16.1 Å². The largest absolute Gasteiger partial charge is 0.480 e. The Hall–Kier alpha value is -2.04. The molecule has 1 N–H and O–H groups in total. The highest BCUT2D eigenvalue weighted by atomic mass is 16.5. The Morgan fingerprint density at radius 2 is 1.90 bits per heavy atom. The Balaban J connectivity index is 3.03. The van der Waals surface area contributed by atoms with Crippen molar-refractivity contribution in [3.05, 3.63) is 35.9 Å². The van der Waals surface area contributed by atoms with Gasteiger partial charge >= 0.3 is 12.1 Å². The number of hydrogen-bond acceptors (Lipinski definition) is 3. The topological polar surface area (TPSA) is 66.8 Å². The summed E-state index contributed by atoms with van der Waals surface area (Å²) in [4.78, 5) is 24.7. The summed E-state index contributed by atoms with van der Waals surface area (Å²) in [6.07, 6.45) is 0.0424. The van der Waals surface area contributed by atoms with Crippen LogP contribution in [-0.4, -0.2) is 35.2 Å². The fraction of sp³-hybridized carbons (Fsp3) is 0.467. The van der Waals surface area contributed by atoms with Crippen LogP contribution in [0.4, 0.5) is 4.79 Å². The van der Waals surface area contributed by atoms with Crippen LogP contribution in [0.25, 0.3) is 0 Å². The molecule has 0 heterocycles. The number of methoxy groups -OCH3 is 1. The van der Waals surface area contributed by atoms with Crippen LogP contribution in [0.15, 0.2) is 30.3 Å². The molecule has 5 heteroatoms. The van der Waals surface area contributed by atoms with Crippen LogP contribution < -0.4 is 0 Å². The van der Waals surface area contributed by atoms with E-state index in [4.69, 9.17) is 4.74 Å². The molecule has 0 fully saturated rings. The predicted octanol–water partition coefficient (Wildman–Crippen LogP) is 2.75. The van der Waals surface area contributed by atoms with E-state index in [2.05, 4.69) is 0 Å². The lowest BCUT2D eigenvalue weighted by molar-refractivity contribution is -0.144. The minimum absolute atomic E-state index is 0.157. The van der Waals surface area contributed by atoms with E-state index in [1.54, 1.807) is 0 Å². The number of hydrogen-bond donors (Lipinski definition) is 1. The summed E-state index contributed by atoms with van der Waals surface area (Å²) in [5.74, 6) is -1.17. The van der Waals surface area contributed by atoms with E-state index in [9.17, 15) is 14.7 Å². The van der Waals surface area contributed by atoms with Crippen LogP contribution in [0.5, 0.6) is 0 Å². The highest BCUT2D eigenvalue weighted by Gasteiger charge is 2.34. The molecule has 110 valence electrons. The predicted molar refractivity (Wildman–Crippen MR) is 75.3 cm³/mol. The normalized spacial score (nSPS) is 13.3. The summed E-state index contributed by atoms with van der Waals surface area (Å²) < 4.78 is 4.73. The van der Waals surface area contributed by atoms with Gasteiger partial charge in [0.05, 0.1) is 7.11 Å². The van der Waals surface area contributed by atoms with Gasteiger partial charge in [0.15, 0.2) is 0 Å². The lowest BCUT2D eigenvalue weighted by Gasteiger charge is -2.31. The second kappa shape index (κ2) is 7.53. The summed E-state index contributed by atoms with van der Waals surface area (Å²) in [6, 6.07) is 8.38. The van der Waals surface area contributed by atoms with E-state index >= 15 is 0 Å². The van der Waals surface area contributed by atoms with Gasteiger partial charge in [0, 0.05) is 6.54 Å². The zero-order valence-corrected chi connectivity index (χ0v) is 12.1. The van der Waals surface area contributed by atoms with Gasteiger partial charge in [0.2, 0.25) is 0 Å². The number of amides is 1. The van der Waals surface area contributed by atoms with Gasteiger partial charge in [-0.3, -0.25) is 4.90 Å². The molecule has 2 unspecified atom stereocenters. The fourth-order valence-corrected chi connectivity index (χ4v) is 2.08. The first-order chi connectivity index (χ1) is 9.51. The summed E-state index contributed by atoms with van der Waals surface area (Å²) in [5.41, 5.74) is 0.868. The van der Waals surface area contributed by atoms with Gasteiger partial charge in [-0.25, -0.2) is 9.59 Å². The molecule has 1 amide bonds. The second-order valence-electron chi connectivity index (χ2n) is 4.75. The van der Waals surface area contributed by atoms with Gasteiger partial charge in [-0.05, 0) is 11.5 Å². The quantitative estimate of drug-likeness (QED) is 0.869. The molecule has 0 saturated carbocycles. The molecule has 0 radical (unpaired) electrons. The van der Waals surface area contributed by atoms with Gasteiger partial charge < -0.3 is 9.84 Å². The number of nitrogens with zero attached hydrogens (tertiary/aromatic N) is 1. The third-order valence-corrected chi connectivity index (χ3v) is 3.38. The second-order valence-corrected chi connectivity index (χ2v) is 4.75. The number of benzene rings is 1. The Morgan fingerprint density at radius 1 is 1.30 bits per heavy atom. The van der Waals surface area contributed by atoms with Gasteiger partial charge in [0.1, 0.15) is 6.04 Å². The van der Waals surface area contributed by atoms with Crippen molar-refractivity contribution in [1.29, 1.82) is 0 Å². The van der Waals surface area contributed by atoms with Crippen molar-refractivity contribution in [3.8, 4) is 0 Å². The van der Waals surface area contributed by atoms with Crippen LogP contribution in [0.3, 0.4) is 0 Å². The molecule has 0 saturated heterocycles. The van der Waals surface area contributed by atoms with E-state index in [1.165, 1.54) is 12.0 Å². The number of rotatable bonds is 6. The summed E-state index contributed by atoms with van der Waals surface area (Å²) >= 11 is 0. The van der Waals surface area contributed by atoms with Crippen LogP contribution >= 0.6 is 0 Å². The maximum absolute atomic E-state index is 11.9. The third-order valence-electron chi connectivity index (χ3n) is 3.38. The first-order valence-electron chi connectivity index (χ1n) is 6.62. The standard InChI is InChI=1S/C15H21NO4/c1-4-11(2)13(14(17)18)16(15(19)20-3)10-12-8-6-5-7-9-12/h5-9,11,13H,4,10H2,1-3H3,(H,17,18). The van der Waals surface area contributed by atoms with E-state index in [-0.39, 0.29) is 12.5 Å². The minimum Gasteiger partial charge on any atom is -0.480 e. The number of ether oxygens (including phenoxy) is 1. The molecule has 0 aliphatic carbocycles. The van der Waals surface area contributed by atoms with E-state index < -0.39 is 18.1 Å². The van der Waals surface area contributed by atoms with Crippen molar-refractivity contribution in [2.24, 2.45) is 5.92 Å². The van der Waals surface area contributed by atoms with E-state index in [1.807, 2.05) is 44.2 Å². The van der Waals surface area contributed by atoms with Crippen LogP contribution in [0.2, 0.25) is 0 Å². The van der Waals surface area contributed by atoms with Crippen molar-refractivity contribution >= 4 is 12.1 Å². The highest BCUT2D eigenvalue weighted by molar-refractivity contribution is 5.80. The molecule has 0 aliphatic heterocycles. The maximum atomic E-state index is 11.9. The van der Waals surface area contributed by atoms with Crippen molar-refractivity contribution in [1.82, 2.24) is 4.90 Å².